The fourth-order valence-corrected chi connectivity index (χ4v) is 11.4. The first-order valence-electron chi connectivity index (χ1n) is 25.1. The second-order valence-electron chi connectivity index (χ2n) is 19.3. The topological polar surface area (TPSA) is 43.9 Å². The molecule has 14 aromatic rings. The first-order valence-corrected chi connectivity index (χ1v) is 25.1. The molecule has 0 radical (unpaired) electrons. The predicted molar refractivity (Wildman–Crippen MR) is 305 cm³/mol. The van der Waals surface area contributed by atoms with Gasteiger partial charge in [0.2, 0.25) is 0 Å². The Morgan fingerprint density at radius 3 is 1.93 bits per heavy atom. The summed E-state index contributed by atoms with van der Waals surface area (Å²) in [4.78, 5) is 10.5. The molecule has 11 aromatic carbocycles. The Bertz CT molecular complexity index is 4450. The van der Waals surface area contributed by atoms with Gasteiger partial charge in [-0.3, -0.25) is 0 Å². The maximum atomic E-state index is 6.82. The quantitative estimate of drug-likeness (QED) is 0.152. The molecule has 0 spiro atoms. The summed E-state index contributed by atoms with van der Waals surface area (Å²) in [7, 11) is 0. The highest BCUT2D eigenvalue weighted by Crippen LogP contribution is 2.44. The van der Waals surface area contributed by atoms with Crippen LogP contribution in [0.5, 0.6) is 0 Å². The summed E-state index contributed by atoms with van der Waals surface area (Å²) < 4.78 is 9.21. The molecule has 1 atom stereocenters. The Hall–Kier alpha value is -9.38. The molecule has 3 aromatic heterocycles. The Morgan fingerprint density at radius 1 is 0.425 bits per heavy atom. The molecule has 0 N–H and O–H groups in total. The molecule has 0 aliphatic rings. The summed E-state index contributed by atoms with van der Waals surface area (Å²) in [5, 5.41) is 8.08. The van der Waals surface area contributed by atoms with Crippen molar-refractivity contribution in [3.63, 3.8) is 0 Å². The van der Waals surface area contributed by atoms with Crippen molar-refractivity contribution in [3.8, 4) is 61.7 Å². The Kier molecular flexibility index (Phi) is 10.0. The van der Waals surface area contributed by atoms with Crippen molar-refractivity contribution in [1.82, 2.24) is 14.5 Å². The number of benzene rings is 11. The van der Waals surface area contributed by atoms with E-state index in [9.17, 15) is 0 Å². The summed E-state index contributed by atoms with van der Waals surface area (Å²) in [5.74, 6) is 0.682. The zero-order valence-corrected chi connectivity index (χ0v) is 40.4. The standard InChI is InChI=1S/C69H47N3O/c1-43-28-29-47-18-9-10-21-54(47)66(43)61-42-50(51-35-38-64-59(41-51)55-22-12-14-27-63(55)72(64)52-19-7-4-8-20-52)34-37-53(61)44(2)49-36-39-65-60(40-49)56-24-15-25-58(68(56)73-65)69-70-62-26-13-11-23-57(62)67(71-69)48-32-30-46(31-33-48)45-16-5-3-6-17-45/h3-42,44H,1-2H3. The number of aromatic nitrogens is 3. The molecule has 0 aliphatic carbocycles. The van der Waals surface area contributed by atoms with Crippen LogP contribution in [0.25, 0.3) is 127 Å². The van der Waals surface area contributed by atoms with E-state index in [-0.39, 0.29) is 5.92 Å². The van der Waals surface area contributed by atoms with Gasteiger partial charge in [-0.1, -0.05) is 189 Å². The van der Waals surface area contributed by atoms with Crippen molar-refractivity contribution >= 4 is 65.4 Å². The number of aryl methyl sites for hydroxylation is 1. The molecule has 4 heteroatoms. The van der Waals surface area contributed by atoms with Gasteiger partial charge in [0, 0.05) is 44.1 Å². The monoisotopic (exact) mass is 933 g/mol. The normalized spacial score (nSPS) is 12.2. The van der Waals surface area contributed by atoms with E-state index in [0.29, 0.717) is 5.82 Å². The summed E-state index contributed by atoms with van der Waals surface area (Å²) in [5.41, 5.74) is 19.8. The van der Waals surface area contributed by atoms with Crippen LogP contribution in [0.1, 0.15) is 29.5 Å². The first-order chi connectivity index (χ1) is 36.0. The van der Waals surface area contributed by atoms with Gasteiger partial charge in [0.15, 0.2) is 5.82 Å². The summed E-state index contributed by atoms with van der Waals surface area (Å²) >= 11 is 0. The van der Waals surface area contributed by atoms with E-state index in [2.05, 4.69) is 249 Å². The second kappa shape index (κ2) is 17.2. The highest BCUT2D eigenvalue weighted by molar-refractivity contribution is 6.12. The van der Waals surface area contributed by atoms with Crippen LogP contribution in [0, 0.1) is 6.92 Å². The number of hydrogen-bond donors (Lipinski definition) is 0. The number of para-hydroxylation sites is 4. The minimum atomic E-state index is 0.0472. The van der Waals surface area contributed by atoms with E-state index in [1.165, 1.54) is 82.6 Å². The number of furan rings is 1. The second-order valence-corrected chi connectivity index (χ2v) is 19.3. The molecule has 1 unspecified atom stereocenters. The SMILES string of the molecule is Cc1ccc2ccccc2c1-c1cc(-c2ccc3c(c2)c2ccccc2n3-c2ccccc2)ccc1C(C)c1ccc2oc3c(-c4nc(-c5ccc(-c6ccccc6)cc5)c5ccccc5n4)cccc3c2c1. The number of rotatable bonds is 8. The van der Waals surface area contributed by atoms with Gasteiger partial charge in [-0.2, -0.15) is 0 Å². The summed E-state index contributed by atoms with van der Waals surface area (Å²) in [6, 6.07) is 87.3. The molecular formula is C69H47N3O. The van der Waals surface area contributed by atoms with Gasteiger partial charge >= 0.3 is 0 Å². The predicted octanol–water partition coefficient (Wildman–Crippen LogP) is 18.6. The Balaban J connectivity index is 0.884. The van der Waals surface area contributed by atoms with Gasteiger partial charge in [-0.15, -0.1) is 0 Å². The van der Waals surface area contributed by atoms with Crippen molar-refractivity contribution in [3.05, 3.63) is 259 Å². The molecule has 4 nitrogen and oxygen atoms in total. The third kappa shape index (κ3) is 7.13. The van der Waals surface area contributed by atoms with Gasteiger partial charge in [0.05, 0.1) is 27.8 Å². The average Bonchev–Trinajstić information content (AvgIpc) is 4.00. The van der Waals surface area contributed by atoms with Gasteiger partial charge in [-0.25, -0.2) is 9.97 Å². The van der Waals surface area contributed by atoms with Crippen LogP contribution >= 0.6 is 0 Å². The summed E-state index contributed by atoms with van der Waals surface area (Å²) in [6.07, 6.45) is 0. The highest BCUT2D eigenvalue weighted by Gasteiger charge is 2.23. The van der Waals surface area contributed by atoms with E-state index >= 15 is 0 Å². The smallest absolute Gasteiger partial charge is 0.164 e. The fraction of sp³-hybridized carbons (Fsp3) is 0.0435. The van der Waals surface area contributed by atoms with Crippen LogP contribution in [-0.4, -0.2) is 14.5 Å². The summed E-state index contributed by atoms with van der Waals surface area (Å²) in [6.45, 7) is 4.59. The molecule has 3 heterocycles. The van der Waals surface area contributed by atoms with Crippen LogP contribution in [0.2, 0.25) is 0 Å². The van der Waals surface area contributed by atoms with Crippen molar-refractivity contribution in [2.24, 2.45) is 0 Å². The highest BCUT2D eigenvalue weighted by atomic mass is 16.3. The maximum Gasteiger partial charge on any atom is 0.164 e. The van der Waals surface area contributed by atoms with Crippen molar-refractivity contribution in [2.75, 3.05) is 0 Å². The zero-order valence-electron chi connectivity index (χ0n) is 40.4. The molecule has 0 saturated heterocycles. The molecule has 0 saturated carbocycles. The minimum absolute atomic E-state index is 0.0472. The molecule has 344 valence electrons. The lowest BCUT2D eigenvalue weighted by molar-refractivity contribution is 0.669. The minimum Gasteiger partial charge on any atom is -0.455 e. The van der Waals surface area contributed by atoms with E-state index in [4.69, 9.17) is 14.4 Å². The van der Waals surface area contributed by atoms with E-state index in [0.717, 1.165) is 55.3 Å². The third-order valence-corrected chi connectivity index (χ3v) is 15.1. The Labute approximate surface area is 423 Å². The number of nitrogens with zero attached hydrogens (tertiary/aromatic N) is 3. The fourth-order valence-electron chi connectivity index (χ4n) is 11.4. The maximum absolute atomic E-state index is 6.82. The van der Waals surface area contributed by atoms with Crippen LogP contribution in [0.4, 0.5) is 0 Å². The van der Waals surface area contributed by atoms with Crippen molar-refractivity contribution in [2.45, 2.75) is 19.8 Å². The van der Waals surface area contributed by atoms with E-state index in [1.54, 1.807) is 0 Å². The molecule has 73 heavy (non-hydrogen) atoms. The molecule has 0 aliphatic heterocycles. The number of fused-ring (bicyclic) bond motifs is 8. The van der Waals surface area contributed by atoms with Crippen molar-refractivity contribution in [1.29, 1.82) is 0 Å². The number of hydrogen-bond acceptors (Lipinski definition) is 3. The van der Waals surface area contributed by atoms with E-state index < -0.39 is 0 Å². The lowest BCUT2D eigenvalue weighted by atomic mass is 9.82. The van der Waals surface area contributed by atoms with Gasteiger partial charge in [0.25, 0.3) is 0 Å². The Morgan fingerprint density at radius 2 is 1.08 bits per heavy atom. The molecule has 0 amide bonds. The first kappa shape index (κ1) is 42.5. The van der Waals surface area contributed by atoms with Gasteiger partial charge in [0.1, 0.15) is 11.2 Å². The van der Waals surface area contributed by atoms with Crippen molar-refractivity contribution < 1.29 is 4.42 Å². The largest absolute Gasteiger partial charge is 0.455 e. The molecule has 0 fully saturated rings. The zero-order chi connectivity index (χ0) is 48.6. The average molecular weight is 934 g/mol. The van der Waals surface area contributed by atoms with Crippen LogP contribution in [0.15, 0.2) is 247 Å². The van der Waals surface area contributed by atoms with Crippen LogP contribution < -0.4 is 0 Å². The lowest BCUT2D eigenvalue weighted by Crippen LogP contribution is -2.01. The van der Waals surface area contributed by atoms with E-state index in [1.807, 2.05) is 12.1 Å². The van der Waals surface area contributed by atoms with Gasteiger partial charge < -0.3 is 8.98 Å². The van der Waals surface area contributed by atoms with Gasteiger partial charge in [-0.05, 0) is 128 Å². The molecule has 0 bridgehead atoms. The third-order valence-electron chi connectivity index (χ3n) is 15.1. The molecule has 14 rings (SSSR count). The van der Waals surface area contributed by atoms with Crippen LogP contribution in [0.3, 0.4) is 0 Å². The lowest BCUT2D eigenvalue weighted by Gasteiger charge is -2.21. The van der Waals surface area contributed by atoms with Crippen LogP contribution in [-0.2, 0) is 0 Å². The molecular weight excluding hydrogens is 887 g/mol.